The van der Waals surface area contributed by atoms with Gasteiger partial charge in [-0.1, -0.05) is 96.0 Å². The van der Waals surface area contributed by atoms with Crippen molar-refractivity contribution in [2.75, 3.05) is 13.7 Å². The van der Waals surface area contributed by atoms with Gasteiger partial charge in [-0.15, -0.1) is 0 Å². The van der Waals surface area contributed by atoms with Crippen LogP contribution >= 0.6 is 23.2 Å². The highest BCUT2D eigenvalue weighted by Crippen LogP contribution is 2.29. The van der Waals surface area contributed by atoms with Crippen molar-refractivity contribution in [3.8, 4) is 22.7 Å². The van der Waals surface area contributed by atoms with Crippen LogP contribution in [0.15, 0.2) is 109 Å². The van der Waals surface area contributed by atoms with Crippen molar-refractivity contribution in [3.05, 3.63) is 136 Å². The van der Waals surface area contributed by atoms with Crippen LogP contribution in [-0.4, -0.2) is 34.2 Å². The Bertz CT molecular complexity index is 1570. The van der Waals surface area contributed by atoms with Crippen molar-refractivity contribution < 1.29 is 9.53 Å². The van der Waals surface area contributed by atoms with Crippen molar-refractivity contribution in [2.45, 2.75) is 13.0 Å². The molecule has 0 radical (unpaired) electrons. The number of rotatable bonds is 9. The highest BCUT2D eigenvalue weighted by atomic mass is 35.5. The molecule has 4 aromatic carbocycles. The van der Waals surface area contributed by atoms with Gasteiger partial charge in [0.2, 0.25) is 0 Å². The summed E-state index contributed by atoms with van der Waals surface area (Å²) in [5, 5.41) is 5.66. The minimum Gasteiger partial charge on any atom is -0.497 e. The molecule has 0 N–H and O–H groups in total. The number of amides is 1. The number of carbonyl (C=O) groups excluding carboxylic acids is 1. The maximum atomic E-state index is 14.3. The first kappa shape index (κ1) is 26.5. The summed E-state index contributed by atoms with van der Waals surface area (Å²) in [6.07, 6.45) is 0.725. The molecule has 0 aliphatic heterocycles. The first-order valence-electron chi connectivity index (χ1n) is 12.6. The number of nitrogens with zero attached hydrogens (tertiary/aromatic N) is 3. The van der Waals surface area contributed by atoms with E-state index in [1.54, 1.807) is 30.0 Å². The Hall–Kier alpha value is -4.06. The molecule has 0 saturated heterocycles. The van der Waals surface area contributed by atoms with E-state index in [1.165, 1.54) is 5.56 Å². The molecule has 5 nitrogen and oxygen atoms in total. The molecule has 5 rings (SSSR count). The molecule has 0 saturated carbocycles. The number of benzene rings is 4. The van der Waals surface area contributed by atoms with Gasteiger partial charge in [-0.25, -0.2) is 4.68 Å². The smallest absolute Gasteiger partial charge is 0.272 e. The summed E-state index contributed by atoms with van der Waals surface area (Å²) in [7, 11) is 1.62. The van der Waals surface area contributed by atoms with Crippen LogP contribution in [0.4, 0.5) is 0 Å². The zero-order chi connectivity index (χ0) is 27.2. The van der Waals surface area contributed by atoms with Gasteiger partial charge in [-0.2, -0.15) is 5.10 Å². The fourth-order valence-electron chi connectivity index (χ4n) is 4.40. The lowest BCUT2D eigenvalue weighted by Crippen LogP contribution is -2.34. The van der Waals surface area contributed by atoms with Gasteiger partial charge in [-0.05, 0) is 53.9 Å². The molecule has 0 bridgehead atoms. The normalized spacial score (nSPS) is 10.8. The van der Waals surface area contributed by atoms with Crippen LogP contribution in [0.2, 0.25) is 10.0 Å². The van der Waals surface area contributed by atoms with Crippen molar-refractivity contribution >= 4 is 29.1 Å². The maximum absolute atomic E-state index is 14.3. The topological polar surface area (TPSA) is 47.4 Å². The molecular formula is C32H27Cl2N3O2. The van der Waals surface area contributed by atoms with Crippen LogP contribution in [0.1, 0.15) is 21.6 Å². The van der Waals surface area contributed by atoms with Crippen molar-refractivity contribution in [3.63, 3.8) is 0 Å². The number of aromatic nitrogens is 2. The molecule has 0 fully saturated rings. The lowest BCUT2D eigenvalue weighted by molar-refractivity contribution is 0.0736. The average molecular weight is 556 g/mol. The molecule has 0 unspecified atom stereocenters. The van der Waals surface area contributed by atoms with Crippen molar-refractivity contribution in [2.24, 2.45) is 0 Å². The lowest BCUT2D eigenvalue weighted by Gasteiger charge is -2.23. The summed E-state index contributed by atoms with van der Waals surface area (Å²) in [5.41, 5.74) is 4.76. The van der Waals surface area contributed by atoms with E-state index in [0.29, 0.717) is 46.0 Å². The fourth-order valence-corrected chi connectivity index (χ4v) is 4.69. The average Bonchev–Trinajstić information content (AvgIpc) is 3.43. The SMILES string of the molecule is COc1cccc(-c2cc(C(=O)N(CCc3ccccc3)Cc3ccccc3)n(-c3ccc(Cl)c(Cl)c3)n2)c1. The molecule has 0 atom stereocenters. The van der Waals surface area contributed by atoms with Gasteiger partial charge in [0.05, 0.1) is 28.5 Å². The zero-order valence-corrected chi connectivity index (χ0v) is 22.9. The van der Waals surface area contributed by atoms with Crippen LogP contribution in [-0.2, 0) is 13.0 Å². The number of hydrogen-bond acceptors (Lipinski definition) is 3. The number of methoxy groups -OCH3 is 1. The van der Waals surface area contributed by atoms with Crippen LogP contribution < -0.4 is 4.74 Å². The Morgan fingerprint density at radius 2 is 1.54 bits per heavy atom. The van der Waals surface area contributed by atoms with Crippen molar-refractivity contribution in [1.82, 2.24) is 14.7 Å². The number of hydrogen-bond donors (Lipinski definition) is 0. The Kier molecular flexibility index (Phi) is 8.30. The summed E-state index contributed by atoms with van der Waals surface area (Å²) in [6.45, 7) is 1.01. The highest BCUT2D eigenvalue weighted by Gasteiger charge is 2.24. The van der Waals surface area contributed by atoms with Crippen LogP contribution in [0.5, 0.6) is 5.75 Å². The summed E-state index contributed by atoms with van der Waals surface area (Å²) in [4.78, 5) is 16.1. The van der Waals surface area contributed by atoms with Crippen molar-refractivity contribution in [1.29, 1.82) is 0 Å². The molecule has 1 heterocycles. The molecule has 196 valence electrons. The molecule has 0 spiro atoms. The quantitative estimate of drug-likeness (QED) is 0.187. The summed E-state index contributed by atoms with van der Waals surface area (Å²) >= 11 is 12.6. The summed E-state index contributed by atoms with van der Waals surface area (Å²) in [6, 6.07) is 34.8. The second-order valence-electron chi connectivity index (χ2n) is 9.10. The van der Waals surface area contributed by atoms with Crippen LogP contribution in [0.3, 0.4) is 0 Å². The van der Waals surface area contributed by atoms with E-state index in [1.807, 2.05) is 83.8 Å². The predicted octanol–water partition coefficient (Wildman–Crippen LogP) is 7.74. The van der Waals surface area contributed by atoms with Gasteiger partial charge < -0.3 is 9.64 Å². The van der Waals surface area contributed by atoms with E-state index in [0.717, 1.165) is 17.5 Å². The molecule has 1 aromatic heterocycles. The van der Waals surface area contributed by atoms with Gasteiger partial charge in [0, 0.05) is 18.7 Å². The summed E-state index contributed by atoms with van der Waals surface area (Å²) in [5.74, 6) is 0.570. The van der Waals surface area contributed by atoms with E-state index in [9.17, 15) is 4.79 Å². The first-order chi connectivity index (χ1) is 19.0. The Balaban J connectivity index is 1.57. The van der Waals surface area contributed by atoms with Gasteiger partial charge in [-0.3, -0.25) is 4.79 Å². The van der Waals surface area contributed by atoms with Crippen LogP contribution in [0.25, 0.3) is 16.9 Å². The van der Waals surface area contributed by atoms with Gasteiger partial charge in [0.15, 0.2) is 0 Å². The zero-order valence-electron chi connectivity index (χ0n) is 21.4. The third-order valence-electron chi connectivity index (χ3n) is 6.46. The van der Waals surface area contributed by atoms with Crippen LogP contribution in [0, 0.1) is 0 Å². The van der Waals surface area contributed by atoms with Gasteiger partial charge in [0.1, 0.15) is 11.4 Å². The van der Waals surface area contributed by atoms with Gasteiger partial charge >= 0.3 is 0 Å². The standard InChI is InChI=1S/C32H27Cl2N3O2/c1-39-27-14-8-13-25(19-27)30-21-31(37(35-30)26-15-16-28(33)29(34)20-26)32(38)36(22-24-11-6-3-7-12-24)18-17-23-9-4-2-5-10-23/h2-16,19-21H,17-18,22H2,1H3. The molecule has 0 aliphatic rings. The van der Waals surface area contributed by atoms with E-state index in [-0.39, 0.29) is 5.91 Å². The minimum absolute atomic E-state index is 0.137. The Morgan fingerprint density at radius 3 is 2.23 bits per heavy atom. The maximum Gasteiger partial charge on any atom is 0.272 e. The molecule has 1 amide bonds. The molecular weight excluding hydrogens is 529 g/mol. The fraction of sp³-hybridized carbons (Fsp3) is 0.125. The third-order valence-corrected chi connectivity index (χ3v) is 7.20. The predicted molar refractivity (Wildman–Crippen MR) is 157 cm³/mol. The number of ether oxygens (including phenoxy) is 1. The van der Waals surface area contributed by atoms with Gasteiger partial charge in [0.25, 0.3) is 5.91 Å². The van der Waals surface area contributed by atoms with E-state index in [4.69, 9.17) is 33.0 Å². The minimum atomic E-state index is -0.137. The molecule has 39 heavy (non-hydrogen) atoms. The number of carbonyl (C=O) groups is 1. The number of halogens is 2. The van der Waals surface area contributed by atoms with E-state index >= 15 is 0 Å². The summed E-state index contributed by atoms with van der Waals surface area (Å²) < 4.78 is 7.05. The Morgan fingerprint density at radius 1 is 0.821 bits per heavy atom. The first-order valence-corrected chi connectivity index (χ1v) is 13.3. The molecule has 0 aliphatic carbocycles. The van der Waals surface area contributed by atoms with E-state index < -0.39 is 0 Å². The molecule has 7 heteroatoms. The Labute approximate surface area is 238 Å². The third kappa shape index (κ3) is 6.33. The highest BCUT2D eigenvalue weighted by molar-refractivity contribution is 6.42. The largest absolute Gasteiger partial charge is 0.497 e. The molecule has 5 aromatic rings. The second kappa shape index (κ2) is 12.2. The second-order valence-corrected chi connectivity index (χ2v) is 9.92. The lowest BCUT2D eigenvalue weighted by atomic mass is 10.1. The van der Waals surface area contributed by atoms with E-state index in [2.05, 4.69) is 12.1 Å². The monoisotopic (exact) mass is 555 g/mol.